The molecule has 0 bridgehead atoms. The van der Waals surface area contributed by atoms with Crippen LogP contribution in [-0.2, 0) is 16.4 Å². The summed E-state index contributed by atoms with van der Waals surface area (Å²) in [6.45, 7) is 0.345. The number of amides is 1. The third kappa shape index (κ3) is 4.08. The Hall–Kier alpha value is -2.30. The summed E-state index contributed by atoms with van der Waals surface area (Å²) in [5.41, 5.74) is 1.01. The molecule has 1 fully saturated rings. The fraction of sp³-hybridized carbons (Fsp3) is 0.278. The second-order valence-electron chi connectivity index (χ2n) is 6.59. The van der Waals surface area contributed by atoms with Gasteiger partial charge in [0.15, 0.2) is 5.65 Å². The van der Waals surface area contributed by atoms with Crippen molar-refractivity contribution in [3.8, 4) is 0 Å². The normalized spacial score (nSPS) is 14.3. The van der Waals surface area contributed by atoms with Crippen LogP contribution in [-0.4, -0.2) is 41.5 Å². The van der Waals surface area contributed by atoms with Crippen LogP contribution in [0.25, 0.3) is 5.65 Å². The fourth-order valence-electron chi connectivity index (χ4n) is 2.78. The van der Waals surface area contributed by atoms with Gasteiger partial charge in [0.05, 0.1) is 10.5 Å². The zero-order valence-corrected chi connectivity index (χ0v) is 17.2. The number of fused-ring (bicyclic) bond motifs is 1. The Morgan fingerprint density at radius 1 is 1.21 bits per heavy atom. The van der Waals surface area contributed by atoms with Crippen LogP contribution < -0.4 is 10.0 Å². The minimum Gasteiger partial charge on any atom is -0.352 e. The number of benzene rings is 1. The van der Waals surface area contributed by atoms with Crippen LogP contribution in [0, 0.1) is 0 Å². The second kappa shape index (κ2) is 7.61. The van der Waals surface area contributed by atoms with E-state index in [9.17, 15) is 13.2 Å². The van der Waals surface area contributed by atoms with Gasteiger partial charge in [0.1, 0.15) is 5.82 Å². The van der Waals surface area contributed by atoms with Gasteiger partial charge in [-0.25, -0.2) is 13.1 Å². The average Bonchev–Trinajstić information content (AvgIpc) is 3.38. The standard InChI is InChI=1S/C18H18BrN5O3S/c19-15-7-6-13(28(26,27)23-12-4-5-12)11-14(15)18(25)20-9-8-17-22-21-16-3-1-2-10-24(16)17/h1-3,6-7,10-12,23H,4-5,8-9H2,(H,20,25). The smallest absolute Gasteiger partial charge is 0.252 e. The number of hydrogen-bond acceptors (Lipinski definition) is 5. The number of nitrogens with zero attached hydrogens (tertiary/aromatic N) is 3. The zero-order valence-electron chi connectivity index (χ0n) is 14.8. The molecule has 1 aliphatic rings. The van der Waals surface area contributed by atoms with Crippen LogP contribution in [0.3, 0.4) is 0 Å². The van der Waals surface area contributed by atoms with Crippen LogP contribution in [0.15, 0.2) is 52.0 Å². The Morgan fingerprint density at radius 3 is 2.82 bits per heavy atom. The van der Waals surface area contributed by atoms with Gasteiger partial charge in [-0.05, 0) is 59.1 Å². The highest BCUT2D eigenvalue weighted by molar-refractivity contribution is 9.10. The lowest BCUT2D eigenvalue weighted by Crippen LogP contribution is -2.28. The number of rotatable bonds is 7. The monoisotopic (exact) mass is 463 g/mol. The van der Waals surface area contributed by atoms with Crippen LogP contribution in [0.1, 0.15) is 29.0 Å². The van der Waals surface area contributed by atoms with Crippen LogP contribution >= 0.6 is 15.9 Å². The Balaban J connectivity index is 1.44. The van der Waals surface area contributed by atoms with Crippen molar-refractivity contribution in [3.63, 3.8) is 0 Å². The van der Waals surface area contributed by atoms with Crippen molar-refractivity contribution in [2.75, 3.05) is 6.54 Å². The number of hydrogen-bond donors (Lipinski definition) is 2. The van der Waals surface area contributed by atoms with E-state index in [-0.39, 0.29) is 22.4 Å². The second-order valence-corrected chi connectivity index (χ2v) is 9.16. The highest BCUT2D eigenvalue weighted by atomic mass is 79.9. The van der Waals surface area contributed by atoms with Crippen molar-refractivity contribution in [3.05, 3.63) is 58.5 Å². The largest absolute Gasteiger partial charge is 0.352 e. The molecule has 0 atom stereocenters. The van der Waals surface area contributed by atoms with E-state index >= 15 is 0 Å². The summed E-state index contributed by atoms with van der Waals surface area (Å²) in [5.74, 6) is 0.379. The molecule has 2 heterocycles. The average molecular weight is 464 g/mol. The molecule has 28 heavy (non-hydrogen) atoms. The Bertz CT molecular complexity index is 1140. The molecule has 0 aliphatic heterocycles. The first kappa shape index (κ1) is 19.0. The summed E-state index contributed by atoms with van der Waals surface area (Å²) in [6.07, 6.45) is 4.06. The quantitative estimate of drug-likeness (QED) is 0.556. The maximum Gasteiger partial charge on any atom is 0.252 e. The van der Waals surface area contributed by atoms with E-state index in [2.05, 4.69) is 36.2 Å². The lowest BCUT2D eigenvalue weighted by Gasteiger charge is -2.10. The summed E-state index contributed by atoms with van der Waals surface area (Å²) in [7, 11) is -3.62. The molecule has 2 aromatic heterocycles. The molecule has 8 nitrogen and oxygen atoms in total. The SMILES string of the molecule is O=C(NCCc1nnc2ccccn12)c1cc(S(=O)(=O)NC2CC2)ccc1Br. The van der Waals surface area contributed by atoms with Gasteiger partial charge >= 0.3 is 0 Å². The fourth-order valence-corrected chi connectivity index (χ4v) is 4.54. The summed E-state index contributed by atoms with van der Waals surface area (Å²) in [5, 5.41) is 11.0. The van der Waals surface area contributed by atoms with Crippen molar-refractivity contribution in [1.29, 1.82) is 0 Å². The summed E-state index contributed by atoms with van der Waals surface area (Å²) in [4.78, 5) is 12.7. The molecule has 0 unspecified atom stereocenters. The number of halogens is 1. The van der Waals surface area contributed by atoms with Crippen molar-refractivity contribution in [2.24, 2.45) is 0 Å². The number of sulfonamides is 1. The molecule has 4 rings (SSSR count). The highest BCUT2D eigenvalue weighted by Gasteiger charge is 2.28. The first-order chi connectivity index (χ1) is 13.4. The van der Waals surface area contributed by atoms with Gasteiger partial charge in [0, 0.05) is 29.7 Å². The first-order valence-electron chi connectivity index (χ1n) is 8.83. The van der Waals surface area contributed by atoms with E-state index in [1.54, 1.807) is 6.07 Å². The summed E-state index contributed by atoms with van der Waals surface area (Å²) < 4.78 is 29.8. The Kier molecular flexibility index (Phi) is 5.17. The lowest BCUT2D eigenvalue weighted by molar-refractivity contribution is 0.0953. The molecule has 3 aromatic rings. The van der Waals surface area contributed by atoms with E-state index in [0.29, 0.717) is 17.4 Å². The number of nitrogens with one attached hydrogen (secondary N) is 2. The van der Waals surface area contributed by atoms with Gasteiger partial charge in [-0.2, -0.15) is 0 Å². The van der Waals surface area contributed by atoms with Crippen molar-refractivity contribution >= 4 is 37.5 Å². The van der Waals surface area contributed by atoms with E-state index in [1.165, 1.54) is 12.1 Å². The third-order valence-electron chi connectivity index (χ3n) is 4.41. The van der Waals surface area contributed by atoms with E-state index < -0.39 is 10.0 Å². The number of pyridine rings is 1. The molecule has 1 saturated carbocycles. The van der Waals surface area contributed by atoms with E-state index in [1.807, 2.05) is 28.8 Å². The number of carbonyl (C=O) groups is 1. The number of aromatic nitrogens is 3. The molecular weight excluding hydrogens is 446 g/mol. The predicted molar refractivity (Wildman–Crippen MR) is 107 cm³/mol. The van der Waals surface area contributed by atoms with Crippen molar-refractivity contribution in [1.82, 2.24) is 24.6 Å². The topological polar surface area (TPSA) is 105 Å². The van der Waals surface area contributed by atoms with Gasteiger partial charge < -0.3 is 5.32 Å². The molecule has 2 N–H and O–H groups in total. The number of carbonyl (C=O) groups excluding carboxylic acids is 1. The van der Waals surface area contributed by atoms with Gasteiger partial charge in [0.2, 0.25) is 10.0 Å². The van der Waals surface area contributed by atoms with Gasteiger partial charge in [-0.15, -0.1) is 10.2 Å². The molecule has 0 spiro atoms. The molecule has 10 heteroatoms. The Labute approximate surface area is 170 Å². The molecule has 146 valence electrons. The molecule has 1 aromatic carbocycles. The van der Waals surface area contributed by atoms with E-state index in [4.69, 9.17) is 0 Å². The van der Waals surface area contributed by atoms with E-state index in [0.717, 1.165) is 24.3 Å². The molecule has 0 radical (unpaired) electrons. The van der Waals surface area contributed by atoms with Crippen molar-refractivity contribution in [2.45, 2.75) is 30.2 Å². The predicted octanol–water partition coefficient (Wildman–Crippen LogP) is 1.90. The molecule has 0 saturated heterocycles. The van der Waals surface area contributed by atoms with Crippen molar-refractivity contribution < 1.29 is 13.2 Å². The zero-order chi connectivity index (χ0) is 19.7. The lowest BCUT2D eigenvalue weighted by atomic mass is 10.2. The summed E-state index contributed by atoms with van der Waals surface area (Å²) >= 11 is 3.32. The highest BCUT2D eigenvalue weighted by Crippen LogP contribution is 2.25. The first-order valence-corrected chi connectivity index (χ1v) is 11.1. The Morgan fingerprint density at radius 2 is 2.04 bits per heavy atom. The van der Waals surface area contributed by atoms with Gasteiger partial charge in [-0.1, -0.05) is 6.07 Å². The van der Waals surface area contributed by atoms with Gasteiger partial charge in [-0.3, -0.25) is 9.20 Å². The van der Waals surface area contributed by atoms with Crippen LogP contribution in [0.5, 0.6) is 0 Å². The minimum absolute atomic E-state index is 0.00361. The summed E-state index contributed by atoms with van der Waals surface area (Å²) in [6, 6.07) is 10.1. The molecule has 1 amide bonds. The van der Waals surface area contributed by atoms with Crippen LogP contribution in [0.4, 0.5) is 0 Å². The maximum absolute atomic E-state index is 12.6. The third-order valence-corrected chi connectivity index (χ3v) is 6.62. The van der Waals surface area contributed by atoms with Gasteiger partial charge in [0.25, 0.3) is 5.91 Å². The molecule has 1 aliphatic carbocycles. The maximum atomic E-state index is 12.6. The minimum atomic E-state index is -3.62. The van der Waals surface area contributed by atoms with Crippen LogP contribution in [0.2, 0.25) is 0 Å². The molecular formula is C18H18BrN5O3S.